The molecule has 0 spiro atoms. The summed E-state index contributed by atoms with van der Waals surface area (Å²) in [6.07, 6.45) is 5.87. The molecule has 0 aliphatic carbocycles. The molecule has 0 amide bonds. The van der Waals surface area contributed by atoms with Crippen molar-refractivity contribution in [3.8, 4) is 0 Å². The van der Waals surface area contributed by atoms with Crippen LogP contribution in [0.2, 0.25) is 0 Å². The van der Waals surface area contributed by atoms with Crippen molar-refractivity contribution in [3.05, 3.63) is 94.9 Å². The van der Waals surface area contributed by atoms with Crippen LogP contribution in [0.25, 0.3) is 0 Å². The maximum absolute atomic E-state index is 6.60. The summed E-state index contributed by atoms with van der Waals surface area (Å²) < 4.78 is 26.0. The lowest BCUT2D eigenvalue weighted by molar-refractivity contribution is 0.00578. The van der Waals surface area contributed by atoms with Gasteiger partial charge in [-0.15, -0.1) is 0 Å². The average molecular weight is 514 g/mol. The third-order valence-corrected chi connectivity index (χ3v) is 8.65. The van der Waals surface area contributed by atoms with Gasteiger partial charge >= 0.3 is 14.2 Å². The number of hydrogen-bond acceptors (Lipinski definition) is 4. The summed E-state index contributed by atoms with van der Waals surface area (Å²) in [4.78, 5) is 0. The van der Waals surface area contributed by atoms with Gasteiger partial charge in [-0.05, 0) is 97.7 Å². The summed E-state index contributed by atoms with van der Waals surface area (Å²) in [7, 11) is -0.897. The molecule has 2 aliphatic rings. The zero-order valence-corrected chi connectivity index (χ0v) is 24.5. The molecule has 0 unspecified atom stereocenters. The highest BCUT2D eigenvalue weighted by atomic mass is 16.7. The van der Waals surface area contributed by atoms with Gasteiger partial charge in [0.2, 0.25) is 0 Å². The molecule has 202 valence electrons. The third kappa shape index (κ3) is 6.54. The number of benzene rings is 2. The first-order chi connectivity index (χ1) is 17.8. The molecule has 2 fully saturated rings. The zero-order valence-electron chi connectivity index (χ0n) is 24.5. The van der Waals surface area contributed by atoms with Crippen molar-refractivity contribution in [3.63, 3.8) is 0 Å². The Bertz CT molecular complexity index is 1100. The smallest absolute Gasteiger partial charge is 0.400 e. The molecule has 4 nitrogen and oxygen atoms in total. The second-order valence-corrected chi connectivity index (χ2v) is 12.6. The van der Waals surface area contributed by atoms with E-state index < -0.39 is 36.6 Å². The minimum absolute atomic E-state index is 0.403. The van der Waals surface area contributed by atoms with Gasteiger partial charge in [-0.25, -0.2) is 0 Å². The summed E-state index contributed by atoms with van der Waals surface area (Å²) in [6.45, 7) is 16.8. The number of allylic oxidation sites excluding steroid dienone is 3. The highest BCUT2D eigenvalue weighted by Gasteiger charge is 2.54. The second-order valence-electron chi connectivity index (χ2n) is 12.6. The Balaban J connectivity index is 1.69. The molecule has 2 aliphatic heterocycles. The molecule has 0 N–H and O–H groups in total. The Morgan fingerprint density at radius 1 is 0.632 bits per heavy atom. The Labute approximate surface area is 231 Å². The molecule has 2 aromatic rings. The number of rotatable bonds is 9. The minimum Gasteiger partial charge on any atom is -0.400 e. The first kappa shape index (κ1) is 28.9. The van der Waals surface area contributed by atoms with Crippen LogP contribution >= 0.6 is 0 Å². The van der Waals surface area contributed by atoms with E-state index >= 15 is 0 Å². The van der Waals surface area contributed by atoms with Gasteiger partial charge in [-0.3, -0.25) is 0 Å². The molecule has 4 rings (SSSR count). The van der Waals surface area contributed by atoms with Crippen LogP contribution in [0.1, 0.15) is 79.4 Å². The van der Waals surface area contributed by atoms with E-state index in [4.69, 9.17) is 18.6 Å². The second kappa shape index (κ2) is 11.2. The van der Waals surface area contributed by atoms with E-state index in [2.05, 4.69) is 128 Å². The molecule has 2 aromatic carbocycles. The highest BCUT2D eigenvalue weighted by molar-refractivity contribution is 6.57. The Hall–Kier alpha value is -2.11. The van der Waals surface area contributed by atoms with E-state index in [9.17, 15) is 0 Å². The van der Waals surface area contributed by atoms with Crippen LogP contribution in [0.3, 0.4) is 0 Å². The van der Waals surface area contributed by atoms with E-state index in [1.807, 2.05) is 0 Å². The maximum Gasteiger partial charge on any atom is 0.494 e. The quantitative estimate of drug-likeness (QED) is 0.259. The SMILES string of the molecule is CC1(C)OB(/C=C(CCc2ccccc2)/C(=C/CCc2ccccc2)B2OC(C)(C)C(C)(C)O2)OC1(C)C. The van der Waals surface area contributed by atoms with Crippen LogP contribution in [0.5, 0.6) is 0 Å². The molecular formula is C32H44B2O4. The molecule has 2 heterocycles. The summed E-state index contributed by atoms with van der Waals surface area (Å²) >= 11 is 0. The van der Waals surface area contributed by atoms with Gasteiger partial charge in [0, 0.05) is 0 Å². The third-order valence-electron chi connectivity index (χ3n) is 8.65. The lowest BCUT2D eigenvalue weighted by atomic mass is 9.68. The van der Waals surface area contributed by atoms with Gasteiger partial charge in [-0.1, -0.05) is 78.3 Å². The average Bonchev–Trinajstić information content (AvgIpc) is 3.19. The Morgan fingerprint density at radius 3 is 1.58 bits per heavy atom. The van der Waals surface area contributed by atoms with Crippen LogP contribution in [-0.2, 0) is 31.5 Å². The molecule has 6 heteroatoms. The normalized spacial score (nSPS) is 22.2. The van der Waals surface area contributed by atoms with Crippen molar-refractivity contribution >= 4 is 14.2 Å². The minimum atomic E-state index is -0.458. The standard InChI is InChI=1S/C32H44B2O4/c1-29(2)30(3,4)36-33(35-29)24-27(23-22-26-18-13-10-14-19-26)28(21-15-20-25-16-11-9-12-17-25)34-37-31(5,6)32(7,8)38-34/h9-14,16-19,21,24H,15,20,22-23H2,1-8H3/b27-24+,28-21-. The first-order valence-corrected chi connectivity index (χ1v) is 14.0. The van der Waals surface area contributed by atoms with E-state index in [1.54, 1.807) is 0 Å². The van der Waals surface area contributed by atoms with Gasteiger partial charge in [0.25, 0.3) is 0 Å². The van der Waals surface area contributed by atoms with E-state index in [1.165, 1.54) is 11.1 Å². The van der Waals surface area contributed by atoms with Crippen LogP contribution in [0.4, 0.5) is 0 Å². The van der Waals surface area contributed by atoms with Gasteiger partial charge in [0.15, 0.2) is 0 Å². The molecular weight excluding hydrogens is 470 g/mol. The summed E-state index contributed by atoms with van der Waals surface area (Å²) in [5, 5.41) is 0. The van der Waals surface area contributed by atoms with Crippen molar-refractivity contribution in [1.29, 1.82) is 0 Å². The molecule has 0 radical (unpaired) electrons. The van der Waals surface area contributed by atoms with E-state index in [0.29, 0.717) is 0 Å². The summed E-state index contributed by atoms with van der Waals surface area (Å²) in [5.41, 5.74) is 3.18. The van der Waals surface area contributed by atoms with Crippen LogP contribution < -0.4 is 0 Å². The lowest BCUT2D eigenvalue weighted by Gasteiger charge is -2.32. The summed E-state index contributed by atoms with van der Waals surface area (Å²) in [6, 6.07) is 21.2. The number of hydrogen-bond donors (Lipinski definition) is 0. The molecule has 0 saturated carbocycles. The lowest BCUT2D eigenvalue weighted by Crippen LogP contribution is -2.41. The molecule has 0 atom stereocenters. The Morgan fingerprint density at radius 2 is 1.08 bits per heavy atom. The van der Waals surface area contributed by atoms with Gasteiger partial charge < -0.3 is 18.6 Å². The van der Waals surface area contributed by atoms with Crippen molar-refractivity contribution in [2.45, 2.75) is 103 Å². The first-order valence-electron chi connectivity index (χ1n) is 14.0. The van der Waals surface area contributed by atoms with Crippen molar-refractivity contribution in [1.82, 2.24) is 0 Å². The van der Waals surface area contributed by atoms with Crippen LogP contribution in [-0.4, -0.2) is 36.6 Å². The predicted molar refractivity (Wildman–Crippen MR) is 158 cm³/mol. The largest absolute Gasteiger partial charge is 0.494 e. The van der Waals surface area contributed by atoms with Crippen molar-refractivity contribution in [2.75, 3.05) is 0 Å². The fourth-order valence-electron chi connectivity index (χ4n) is 4.76. The molecule has 2 saturated heterocycles. The van der Waals surface area contributed by atoms with Crippen LogP contribution in [0.15, 0.2) is 83.8 Å². The van der Waals surface area contributed by atoms with Gasteiger partial charge in [0.1, 0.15) is 0 Å². The topological polar surface area (TPSA) is 36.9 Å². The molecule has 38 heavy (non-hydrogen) atoms. The van der Waals surface area contributed by atoms with Gasteiger partial charge in [0.05, 0.1) is 22.4 Å². The zero-order chi connectivity index (χ0) is 27.6. The van der Waals surface area contributed by atoms with E-state index in [-0.39, 0.29) is 0 Å². The highest BCUT2D eigenvalue weighted by Crippen LogP contribution is 2.42. The molecule has 0 bridgehead atoms. The fraction of sp³-hybridized carbons (Fsp3) is 0.500. The van der Waals surface area contributed by atoms with Crippen LogP contribution in [0, 0.1) is 0 Å². The van der Waals surface area contributed by atoms with E-state index in [0.717, 1.165) is 36.7 Å². The Kier molecular flexibility index (Phi) is 8.49. The predicted octanol–water partition coefficient (Wildman–Crippen LogP) is 7.37. The van der Waals surface area contributed by atoms with Crippen molar-refractivity contribution in [2.24, 2.45) is 0 Å². The van der Waals surface area contributed by atoms with Gasteiger partial charge in [-0.2, -0.15) is 0 Å². The maximum atomic E-state index is 6.60. The number of aryl methyl sites for hydroxylation is 2. The molecule has 0 aromatic heterocycles. The fourth-order valence-corrected chi connectivity index (χ4v) is 4.76. The summed E-state index contributed by atoms with van der Waals surface area (Å²) in [5.74, 6) is 2.15. The van der Waals surface area contributed by atoms with Crippen molar-refractivity contribution < 1.29 is 18.6 Å². The monoisotopic (exact) mass is 514 g/mol.